The van der Waals surface area contributed by atoms with Crippen molar-refractivity contribution in [2.75, 3.05) is 0 Å². The third-order valence-corrected chi connectivity index (χ3v) is 2.24. The van der Waals surface area contributed by atoms with Crippen molar-refractivity contribution < 1.29 is 0 Å². The third kappa shape index (κ3) is 2.66. The van der Waals surface area contributed by atoms with Crippen molar-refractivity contribution in [3.05, 3.63) is 34.3 Å². The van der Waals surface area contributed by atoms with Gasteiger partial charge in [-0.25, -0.2) is 0 Å². The van der Waals surface area contributed by atoms with E-state index in [9.17, 15) is 0 Å². The SMILES string of the molecule is CC(C)Cc1[c]cccc1Br. The van der Waals surface area contributed by atoms with Crippen LogP contribution in [0.3, 0.4) is 0 Å². The van der Waals surface area contributed by atoms with E-state index in [0.29, 0.717) is 5.92 Å². The molecule has 1 rings (SSSR count). The highest BCUT2D eigenvalue weighted by Gasteiger charge is 2.00. The van der Waals surface area contributed by atoms with Crippen LogP contribution in [0.4, 0.5) is 0 Å². The lowest BCUT2D eigenvalue weighted by Crippen LogP contribution is -1.94. The maximum Gasteiger partial charge on any atom is 0.0213 e. The van der Waals surface area contributed by atoms with Gasteiger partial charge >= 0.3 is 0 Å². The molecule has 0 N–H and O–H groups in total. The summed E-state index contributed by atoms with van der Waals surface area (Å²) in [6.07, 6.45) is 1.10. The second kappa shape index (κ2) is 3.91. The van der Waals surface area contributed by atoms with Gasteiger partial charge in [-0.3, -0.25) is 0 Å². The summed E-state index contributed by atoms with van der Waals surface area (Å²) in [4.78, 5) is 0. The molecule has 0 spiro atoms. The van der Waals surface area contributed by atoms with Crippen molar-refractivity contribution in [1.82, 2.24) is 0 Å². The van der Waals surface area contributed by atoms with E-state index < -0.39 is 0 Å². The fourth-order valence-corrected chi connectivity index (χ4v) is 1.44. The number of hydrogen-bond donors (Lipinski definition) is 0. The largest absolute Gasteiger partial charge is 0.0625 e. The number of rotatable bonds is 2. The molecule has 0 heterocycles. The average molecular weight is 212 g/mol. The van der Waals surface area contributed by atoms with Crippen molar-refractivity contribution in [3.8, 4) is 0 Å². The van der Waals surface area contributed by atoms with Crippen LogP contribution in [-0.2, 0) is 6.42 Å². The predicted molar refractivity (Wildman–Crippen MR) is 51.5 cm³/mol. The molecular weight excluding hydrogens is 200 g/mol. The molecule has 0 aliphatic rings. The molecular formula is C10H12Br. The summed E-state index contributed by atoms with van der Waals surface area (Å²) < 4.78 is 1.17. The van der Waals surface area contributed by atoms with E-state index in [2.05, 4.69) is 41.9 Å². The first-order valence-electron chi connectivity index (χ1n) is 3.85. The first kappa shape index (κ1) is 8.79. The van der Waals surface area contributed by atoms with Crippen molar-refractivity contribution in [3.63, 3.8) is 0 Å². The van der Waals surface area contributed by atoms with Gasteiger partial charge in [-0.05, 0) is 30.0 Å². The van der Waals surface area contributed by atoms with Gasteiger partial charge in [0.05, 0.1) is 0 Å². The van der Waals surface area contributed by atoms with Gasteiger partial charge < -0.3 is 0 Å². The fraction of sp³-hybridized carbons (Fsp3) is 0.400. The summed E-state index contributed by atoms with van der Waals surface area (Å²) in [5, 5.41) is 0. The number of hydrogen-bond acceptors (Lipinski definition) is 0. The topological polar surface area (TPSA) is 0 Å². The molecule has 1 aromatic rings. The van der Waals surface area contributed by atoms with Gasteiger partial charge in [0.1, 0.15) is 0 Å². The van der Waals surface area contributed by atoms with Gasteiger partial charge in [0.15, 0.2) is 0 Å². The molecule has 0 aliphatic carbocycles. The van der Waals surface area contributed by atoms with Gasteiger partial charge in [-0.2, -0.15) is 0 Å². The zero-order valence-corrected chi connectivity index (χ0v) is 8.48. The van der Waals surface area contributed by atoms with E-state index in [-0.39, 0.29) is 0 Å². The molecule has 0 bridgehead atoms. The fourth-order valence-electron chi connectivity index (χ4n) is 1.02. The van der Waals surface area contributed by atoms with Crippen LogP contribution >= 0.6 is 15.9 Å². The highest BCUT2D eigenvalue weighted by Crippen LogP contribution is 2.18. The van der Waals surface area contributed by atoms with Crippen LogP contribution in [0.5, 0.6) is 0 Å². The molecule has 11 heavy (non-hydrogen) atoms. The van der Waals surface area contributed by atoms with Crippen molar-refractivity contribution in [1.29, 1.82) is 0 Å². The zero-order chi connectivity index (χ0) is 8.27. The van der Waals surface area contributed by atoms with E-state index in [4.69, 9.17) is 0 Å². The Bertz CT molecular complexity index is 228. The maximum absolute atomic E-state index is 3.49. The minimum absolute atomic E-state index is 0.699. The predicted octanol–water partition coefficient (Wildman–Crippen LogP) is 3.45. The Morgan fingerprint density at radius 2 is 2.27 bits per heavy atom. The Hall–Kier alpha value is -0.300. The summed E-state index contributed by atoms with van der Waals surface area (Å²) in [7, 11) is 0. The lowest BCUT2D eigenvalue weighted by atomic mass is 10.0. The molecule has 1 aromatic carbocycles. The minimum atomic E-state index is 0.699. The zero-order valence-electron chi connectivity index (χ0n) is 6.89. The third-order valence-electron chi connectivity index (χ3n) is 1.50. The monoisotopic (exact) mass is 211 g/mol. The molecule has 0 fully saturated rings. The molecule has 1 heteroatoms. The second-order valence-corrected chi connectivity index (χ2v) is 3.95. The second-order valence-electron chi connectivity index (χ2n) is 3.09. The normalized spacial score (nSPS) is 10.5. The van der Waals surface area contributed by atoms with Gasteiger partial charge in [-0.15, -0.1) is 0 Å². The molecule has 0 aliphatic heterocycles. The maximum atomic E-state index is 3.49. The van der Waals surface area contributed by atoms with Crippen LogP contribution in [0.2, 0.25) is 0 Å². The number of halogens is 1. The molecule has 0 unspecified atom stereocenters. The van der Waals surface area contributed by atoms with E-state index in [1.807, 2.05) is 12.1 Å². The van der Waals surface area contributed by atoms with Gasteiger partial charge in [-0.1, -0.05) is 41.9 Å². The molecule has 0 atom stereocenters. The Morgan fingerprint density at radius 1 is 1.55 bits per heavy atom. The standard InChI is InChI=1S/C10H12Br/c1-8(2)7-9-5-3-4-6-10(9)11/h3-4,6,8H,7H2,1-2H3. The lowest BCUT2D eigenvalue weighted by Gasteiger charge is -2.05. The Labute approximate surface area is 76.8 Å². The van der Waals surface area contributed by atoms with Gasteiger partial charge in [0.2, 0.25) is 0 Å². The summed E-state index contributed by atoms with van der Waals surface area (Å²) in [5.41, 5.74) is 1.28. The molecule has 0 nitrogen and oxygen atoms in total. The first-order chi connectivity index (χ1) is 5.20. The summed E-state index contributed by atoms with van der Waals surface area (Å²) in [6, 6.07) is 9.24. The molecule has 0 saturated heterocycles. The van der Waals surface area contributed by atoms with Crippen molar-refractivity contribution in [2.45, 2.75) is 20.3 Å². The number of benzene rings is 1. The molecule has 0 amide bonds. The van der Waals surface area contributed by atoms with Crippen LogP contribution in [0.1, 0.15) is 19.4 Å². The smallest absolute Gasteiger partial charge is 0.0213 e. The van der Waals surface area contributed by atoms with Crippen LogP contribution in [0.25, 0.3) is 0 Å². The van der Waals surface area contributed by atoms with Crippen LogP contribution in [0.15, 0.2) is 22.7 Å². The van der Waals surface area contributed by atoms with Crippen molar-refractivity contribution >= 4 is 15.9 Å². The molecule has 0 saturated carbocycles. The van der Waals surface area contributed by atoms with E-state index in [1.165, 1.54) is 10.0 Å². The Balaban J connectivity index is 2.78. The minimum Gasteiger partial charge on any atom is -0.0625 e. The molecule has 59 valence electrons. The molecule has 1 radical (unpaired) electrons. The highest BCUT2D eigenvalue weighted by atomic mass is 79.9. The van der Waals surface area contributed by atoms with Gasteiger partial charge in [0, 0.05) is 4.47 Å². The lowest BCUT2D eigenvalue weighted by molar-refractivity contribution is 0.645. The summed E-state index contributed by atoms with van der Waals surface area (Å²) >= 11 is 3.49. The van der Waals surface area contributed by atoms with Crippen LogP contribution in [0, 0.1) is 12.0 Å². The van der Waals surface area contributed by atoms with Crippen LogP contribution < -0.4 is 0 Å². The van der Waals surface area contributed by atoms with Gasteiger partial charge in [0.25, 0.3) is 0 Å². The Morgan fingerprint density at radius 3 is 2.82 bits per heavy atom. The quantitative estimate of drug-likeness (QED) is 0.704. The highest BCUT2D eigenvalue weighted by molar-refractivity contribution is 9.10. The van der Waals surface area contributed by atoms with Crippen LogP contribution in [-0.4, -0.2) is 0 Å². The summed E-state index contributed by atoms with van der Waals surface area (Å²) in [6.45, 7) is 4.43. The molecule has 0 aromatic heterocycles. The van der Waals surface area contributed by atoms with E-state index in [1.54, 1.807) is 0 Å². The van der Waals surface area contributed by atoms with E-state index >= 15 is 0 Å². The Kier molecular flexibility index (Phi) is 3.13. The van der Waals surface area contributed by atoms with Crippen molar-refractivity contribution in [2.24, 2.45) is 5.92 Å². The van der Waals surface area contributed by atoms with E-state index in [0.717, 1.165) is 6.42 Å². The average Bonchev–Trinajstić information content (AvgIpc) is 1.93. The first-order valence-corrected chi connectivity index (χ1v) is 4.64. The summed E-state index contributed by atoms with van der Waals surface area (Å²) in [5.74, 6) is 0.699.